The molecule has 1 heterocycles. The van der Waals surface area contributed by atoms with Crippen LogP contribution >= 0.6 is 0 Å². The first-order chi connectivity index (χ1) is 8.78. The summed E-state index contributed by atoms with van der Waals surface area (Å²) >= 11 is 0. The third-order valence-electron chi connectivity index (χ3n) is 4.14. The van der Waals surface area contributed by atoms with Gasteiger partial charge >= 0.3 is 0 Å². The Hall–Kier alpha value is -1.28. The first kappa shape index (κ1) is 11.8. The average Bonchev–Trinajstić information content (AvgIpc) is 2.64. The van der Waals surface area contributed by atoms with Crippen LogP contribution in [0.1, 0.15) is 37.4 Å². The summed E-state index contributed by atoms with van der Waals surface area (Å²) in [5, 5.41) is 5.03. The molecule has 18 heavy (non-hydrogen) atoms. The highest BCUT2D eigenvalue weighted by atomic mass is 15.0. The SMILES string of the molecule is CCn1c(CNC2CCC2)cc2ccc(C)cc21. The van der Waals surface area contributed by atoms with Crippen LogP contribution in [0.5, 0.6) is 0 Å². The minimum atomic E-state index is 0.759. The minimum Gasteiger partial charge on any atom is -0.344 e. The van der Waals surface area contributed by atoms with E-state index in [0.717, 1.165) is 19.1 Å². The molecule has 0 saturated heterocycles. The largest absolute Gasteiger partial charge is 0.344 e. The molecule has 2 aromatic rings. The monoisotopic (exact) mass is 242 g/mol. The normalized spacial score (nSPS) is 16.1. The summed E-state index contributed by atoms with van der Waals surface area (Å²) in [4.78, 5) is 0. The zero-order chi connectivity index (χ0) is 12.5. The van der Waals surface area contributed by atoms with Gasteiger partial charge in [0.25, 0.3) is 0 Å². The van der Waals surface area contributed by atoms with Gasteiger partial charge in [0.15, 0.2) is 0 Å². The van der Waals surface area contributed by atoms with Gasteiger partial charge in [0.1, 0.15) is 0 Å². The second-order valence-corrected chi connectivity index (χ2v) is 5.45. The lowest BCUT2D eigenvalue weighted by Crippen LogP contribution is -2.35. The van der Waals surface area contributed by atoms with Gasteiger partial charge in [0, 0.05) is 30.3 Å². The van der Waals surface area contributed by atoms with Gasteiger partial charge in [-0.05, 0) is 49.8 Å². The van der Waals surface area contributed by atoms with Gasteiger partial charge in [0.05, 0.1) is 0 Å². The summed E-state index contributed by atoms with van der Waals surface area (Å²) in [6.45, 7) is 6.45. The number of aromatic nitrogens is 1. The summed E-state index contributed by atoms with van der Waals surface area (Å²) in [6, 6.07) is 9.83. The molecule has 3 rings (SSSR count). The van der Waals surface area contributed by atoms with E-state index in [0.29, 0.717) is 0 Å². The first-order valence-electron chi connectivity index (χ1n) is 7.10. The Labute approximate surface area is 109 Å². The fourth-order valence-corrected chi connectivity index (χ4v) is 2.80. The number of aryl methyl sites for hydroxylation is 2. The molecule has 0 unspecified atom stereocenters. The van der Waals surface area contributed by atoms with Crippen LogP contribution < -0.4 is 5.32 Å². The maximum absolute atomic E-state index is 3.66. The third kappa shape index (κ3) is 2.05. The van der Waals surface area contributed by atoms with Crippen molar-refractivity contribution in [3.63, 3.8) is 0 Å². The minimum absolute atomic E-state index is 0.759. The van der Waals surface area contributed by atoms with Crippen LogP contribution in [0.25, 0.3) is 10.9 Å². The predicted octanol–water partition coefficient (Wildman–Crippen LogP) is 3.61. The van der Waals surface area contributed by atoms with Gasteiger partial charge < -0.3 is 9.88 Å². The highest BCUT2D eigenvalue weighted by molar-refractivity contribution is 5.82. The second-order valence-electron chi connectivity index (χ2n) is 5.45. The fourth-order valence-electron chi connectivity index (χ4n) is 2.80. The quantitative estimate of drug-likeness (QED) is 0.866. The molecule has 1 aromatic heterocycles. The predicted molar refractivity (Wildman–Crippen MR) is 76.8 cm³/mol. The standard InChI is InChI=1S/C16H22N2/c1-3-18-15(11-17-14-5-4-6-14)10-13-8-7-12(2)9-16(13)18/h7-10,14,17H,3-6,11H2,1-2H3. The van der Waals surface area contributed by atoms with E-state index in [9.17, 15) is 0 Å². The van der Waals surface area contributed by atoms with E-state index in [-0.39, 0.29) is 0 Å². The number of nitrogens with one attached hydrogen (secondary N) is 1. The summed E-state index contributed by atoms with van der Waals surface area (Å²) in [5.74, 6) is 0. The molecule has 1 aliphatic rings. The molecule has 1 fully saturated rings. The number of nitrogens with zero attached hydrogens (tertiary/aromatic N) is 1. The Bertz CT molecular complexity index is 549. The molecule has 0 atom stereocenters. The first-order valence-corrected chi connectivity index (χ1v) is 7.10. The summed E-state index contributed by atoms with van der Waals surface area (Å²) in [7, 11) is 0. The van der Waals surface area contributed by atoms with Crippen LogP contribution in [0.2, 0.25) is 0 Å². The number of hydrogen-bond acceptors (Lipinski definition) is 1. The lowest BCUT2D eigenvalue weighted by molar-refractivity contribution is 0.335. The van der Waals surface area contributed by atoms with Gasteiger partial charge in [-0.3, -0.25) is 0 Å². The van der Waals surface area contributed by atoms with E-state index in [1.807, 2.05) is 0 Å². The Morgan fingerprint density at radius 1 is 1.28 bits per heavy atom. The number of hydrogen-bond donors (Lipinski definition) is 1. The van der Waals surface area contributed by atoms with Crippen LogP contribution in [-0.2, 0) is 13.1 Å². The molecular formula is C16H22N2. The Morgan fingerprint density at radius 2 is 2.11 bits per heavy atom. The Morgan fingerprint density at radius 3 is 2.78 bits per heavy atom. The molecule has 0 aliphatic heterocycles. The molecule has 96 valence electrons. The number of fused-ring (bicyclic) bond motifs is 1. The van der Waals surface area contributed by atoms with Crippen molar-refractivity contribution in [1.29, 1.82) is 0 Å². The molecule has 2 nitrogen and oxygen atoms in total. The van der Waals surface area contributed by atoms with E-state index in [1.165, 1.54) is 41.4 Å². The van der Waals surface area contributed by atoms with Crippen molar-refractivity contribution in [3.05, 3.63) is 35.5 Å². The van der Waals surface area contributed by atoms with E-state index >= 15 is 0 Å². The smallest absolute Gasteiger partial charge is 0.0485 e. The van der Waals surface area contributed by atoms with Crippen molar-refractivity contribution in [1.82, 2.24) is 9.88 Å². The molecule has 1 N–H and O–H groups in total. The third-order valence-corrected chi connectivity index (χ3v) is 4.14. The van der Waals surface area contributed by atoms with Crippen molar-refractivity contribution < 1.29 is 0 Å². The lowest BCUT2D eigenvalue weighted by atomic mass is 9.93. The summed E-state index contributed by atoms with van der Waals surface area (Å²) < 4.78 is 2.44. The molecular weight excluding hydrogens is 220 g/mol. The van der Waals surface area contributed by atoms with Gasteiger partial charge in [0.2, 0.25) is 0 Å². The number of rotatable bonds is 4. The van der Waals surface area contributed by atoms with Crippen LogP contribution in [0.4, 0.5) is 0 Å². The fraction of sp³-hybridized carbons (Fsp3) is 0.500. The van der Waals surface area contributed by atoms with Gasteiger partial charge in [-0.25, -0.2) is 0 Å². The topological polar surface area (TPSA) is 17.0 Å². The highest BCUT2D eigenvalue weighted by Gasteiger charge is 2.17. The molecule has 1 aromatic carbocycles. The molecule has 1 saturated carbocycles. The number of benzene rings is 1. The molecule has 0 bridgehead atoms. The molecule has 0 amide bonds. The Kier molecular flexibility index (Phi) is 3.13. The molecule has 0 spiro atoms. The second kappa shape index (κ2) is 4.77. The molecule has 0 radical (unpaired) electrons. The van der Waals surface area contributed by atoms with E-state index in [4.69, 9.17) is 0 Å². The summed E-state index contributed by atoms with van der Waals surface area (Å²) in [5.41, 5.74) is 4.14. The van der Waals surface area contributed by atoms with Crippen LogP contribution in [0.15, 0.2) is 24.3 Å². The zero-order valence-corrected chi connectivity index (χ0v) is 11.4. The van der Waals surface area contributed by atoms with Gasteiger partial charge in [-0.2, -0.15) is 0 Å². The van der Waals surface area contributed by atoms with Crippen LogP contribution in [-0.4, -0.2) is 10.6 Å². The average molecular weight is 242 g/mol. The van der Waals surface area contributed by atoms with E-state index in [2.05, 4.69) is 48.0 Å². The van der Waals surface area contributed by atoms with Crippen LogP contribution in [0, 0.1) is 6.92 Å². The van der Waals surface area contributed by atoms with Crippen LogP contribution in [0.3, 0.4) is 0 Å². The lowest BCUT2D eigenvalue weighted by Gasteiger charge is -2.26. The molecule has 1 aliphatic carbocycles. The van der Waals surface area contributed by atoms with Crippen molar-refractivity contribution in [3.8, 4) is 0 Å². The molecule has 2 heteroatoms. The van der Waals surface area contributed by atoms with E-state index in [1.54, 1.807) is 0 Å². The van der Waals surface area contributed by atoms with Crippen molar-refractivity contribution >= 4 is 10.9 Å². The van der Waals surface area contributed by atoms with Crippen molar-refractivity contribution in [2.75, 3.05) is 0 Å². The maximum atomic E-state index is 3.66. The van der Waals surface area contributed by atoms with Gasteiger partial charge in [-0.15, -0.1) is 0 Å². The zero-order valence-electron chi connectivity index (χ0n) is 11.4. The van der Waals surface area contributed by atoms with Crippen molar-refractivity contribution in [2.45, 2.75) is 52.2 Å². The van der Waals surface area contributed by atoms with Crippen molar-refractivity contribution in [2.24, 2.45) is 0 Å². The Balaban J connectivity index is 1.89. The van der Waals surface area contributed by atoms with Gasteiger partial charge in [-0.1, -0.05) is 18.6 Å². The summed E-state index contributed by atoms with van der Waals surface area (Å²) in [6.07, 6.45) is 4.10. The van der Waals surface area contributed by atoms with E-state index < -0.39 is 0 Å². The maximum Gasteiger partial charge on any atom is 0.0485 e. The highest BCUT2D eigenvalue weighted by Crippen LogP contribution is 2.23.